The van der Waals surface area contributed by atoms with E-state index in [1.165, 1.54) is 31.5 Å². The summed E-state index contributed by atoms with van der Waals surface area (Å²) in [6.07, 6.45) is 2.54. The minimum atomic E-state index is 0.279. The van der Waals surface area contributed by atoms with Crippen molar-refractivity contribution in [2.45, 2.75) is 37.1 Å². The fourth-order valence-corrected chi connectivity index (χ4v) is 3.31. The molecular formula is C15H22N2. The monoisotopic (exact) mass is 230 g/mol. The fraction of sp³-hybridized carbons (Fsp3) is 0.600. The highest BCUT2D eigenvalue weighted by atomic mass is 15.2. The Morgan fingerprint density at radius 2 is 1.94 bits per heavy atom. The Hall–Kier alpha value is -0.860. The maximum atomic E-state index is 6.21. The van der Waals surface area contributed by atoms with Gasteiger partial charge in [-0.2, -0.15) is 0 Å². The third-order valence-corrected chi connectivity index (χ3v) is 4.66. The van der Waals surface area contributed by atoms with Crippen LogP contribution in [-0.2, 0) is 5.41 Å². The van der Waals surface area contributed by atoms with E-state index in [-0.39, 0.29) is 6.04 Å². The first-order valence-corrected chi connectivity index (χ1v) is 6.67. The third-order valence-electron chi connectivity index (χ3n) is 4.66. The van der Waals surface area contributed by atoms with E-state index in [9.17, 15) is 0 Å². The van der Waals surface area contributed by atoms with E-state index < -0.39 is 0 Å². The molecule has 92 valence electrons. The molecule has 0 bridgehead atoms. The molecule has 2 nitrogen and oxygen atoms in total. The molecule has 2 heteroatoms. The maximum absolute atomic E-state index is 6.21. The predicted molar refractivity (Wildman–Crippen MR) is 71.2 cm³/mol. The van der Waals surface area contributed by atoms with Crippen molar-refractivity contribution in [3.63, 3.8) is 0 Å². The van der Waals surface area contributed by atoms with Gasteiger partial charge in [0.2, 0.25) is 0 Å². The average molecular weight is 230 g/mol. The molecule has 0 radical (unpaired) electrons. The number of hydrogen-bond donors (Lipinski definition) is 1. The Morgan fingerprint density at radius 1 is 1.29 bits per heavy atom. The van der Waals surface area contributed by atoms with Crippen molar-refractivity contribution >= 4 is 0 Å². The average Bonchev–Trinajstić information content (AvgIpc) is 3.06. The van der Waals surface area contributed by atoms with Crippen LogP contribution in [-0.4, -0.2) is 31.1 Å². The van der Waals surface area contributed by atoms with Gasteiger partial charge in [0.15, 0.2) is 0 Å². The second kappa shape index (κ2) is 3.82. The van der Waals surface area contributed by atoms with Gasteiger partial charge in [-0.3, -0.25) is 0 Å². The topological polar surface area (TPSA) is 29.3 Å². The summed E-state index contributed by atoms with van der Waals surface area (Å²) in [7, 11) is 2.19. The predicted octanol–water partition coefficient (Wildman–Crippen LogP) is 2.09. The summed E-state index contributed by atoms with van der Waals surface area (Å²) >= 11 is 0. The second-order valence-corrected chi connectivity index (χ2v) is 5.95. The molecule has 0 spiro atoms. The van der Waals surface area contributed by atoms with Crippen molar-refractivity contribution < 1.29 is 0 Å². The fourth-order valence-electron chi connectivity index (χ4n) is 3.31. The molecule has 1 aromatic rings. The summed E-state index contributed by atoms with van der Waals surface area (Å²) in [6.45, 7) is 4.56. The van der Waals surface area contributed by atoms with Gasteiger partial charge in [-0.25, -0.2) is 0 Å². The quantitative estimate of drug-likeness (QED) is 0.861. The molecule has 1 saturated heterocycles. The van der Waals surface area contributed by atoms with E-state index in [0.29, 0.717) is 5.41 Å². The lowest BCUT2D eigenvalue weighted by Crippen LogP contribution is -2.43. The molecule has 2 N–H and O–H groups in total. The normalized spacial score (nSPS) is 25.4. The van der Waals surface area contributed by atoms with E-state index in [4.69, 9.17) is 5.73 Å². The van der Waals surface area contributed by atoms with E-state index in [0.717, 1.165) is 5.92 Å². The number of nitrogens with two attached hydrogens (primary N) is 1. The molecule has 3 rings (SSSR count). The first-order chi connectivity index (χ1) is 8.13. The zero-order chi connectivity index (χ0) is 12.0. The van der Waals surface area contributed by atoms with E-state index in [2.05, 4.69) is 43.1 Å². The summed E-state index contributed by atoms with van der Waals surface area (Å²) in [4.78, 5) is 2.38. The minimum Gasteiger partial charge on any atom is -0.327 e. The smallest absolute Gasteiger partial charge is 0.0108 e. The zero-order valence-corrected chi connectivity index (χ0v) is 10.8. The molecule has 1 saturated carbocycles. The van der Waals surface area contributed by atoms with Crippen LogP contribution in [0.15, 0.2) is 24.3 Å². The van der Waals surface area contributed by atoms with Gasteiger partial charge < -0.3 is 10.6 Å². The molecule has 17 heavy (non-hydrogen) atoms. The maximum Gasteiger partial charge on any atom is 0.0108 e. The molecule has 0 amide bonds. The van der Waals surface area contributed by atoms with Crippen LogP contribution in [0.1, 0.15) is 36.8 Å². The third kappa shape index (κ3) is 1.71. The Morgan fingerprint density at radius 3 is 2.47 bits per heavy atom. The molecule has 1 atom stereocenters. The largest absolute Gasteiger partial charge is 0.327 e. The number of hydrogen-bond acceptors (Lipinski definition) is 2. The number of rotatable bonds is 3. The van der Waals surface area contributed by atoms with Gasteiger partial charge in [0, 0.05) is 30.5 Å². The molecule has 1 heterocycles. The number of likely N-dealkylation sites (N-methyl/N-ethyl adjacent to an activating group) is 1. The number of nitrogens with zero attached hydrogens (tertiary/aromatic N) is 1. The molecule has 2 fully saturated rings. The Labute approximate surface area is 104 Å². The Bertz CT molecular complexity index is 415. The standard InChI is InChI=1S/C15H22N2/c1-11(16)15(7-8-15)14-6-4-3-5-13(14)12-9-17(2)10-12/h3-6,11-12H,7-10,16H2,1-2H3. The number of benzene rings is 1. The molecule has 2 aliphatic rings. The van der Waals surface area contributed by atoms with E-state index >= 15 is 0 Å². The van der Waals surface area contributed by atoms with E-state index in [1.807, 2.05) is 0 Å². The van der Waals surface area contributed by atoms with Crippen molar-refractivity contribution in [2.24, 2.45) is 5.73 Å². The van der Waals surface area contributed by atoms with Gasteiger partial charge in [0.25, 0.3) is 0 Å². The molecule has 1 aromatic carbocycles. The van der Waals surface area contributed by atoms with Crippen LogP contribution >= 0.6 is 0 Å². The lowest BCUT2D eigenvalue weighted by molar-refractivity contribution is 0.188. The van der Waals surface area contributed by atoms with Crippen molar-refractivity contribution in [2.75, 3.05) is 20.1 Å². The van der Waals surface area contributed by atoms with Crippen molar-refractivity contribution in [1.29, 1.82) is 0 Å². The first-order valence-electron chi connectivity index (χ1n) is 6.67. The van der Waals surface area contributed by atoms with Crippen LogP contribution in [0.4, 0.5) is 0 Å². The summed E-state index contributed by atoms with van der Waals surface area (Å²) in [5.41, 5.74) is 9.60. The highest BCUT2D eigenvalue weighted by Crippen LogP contribution is 2.52. The van der Waals surface area contributed by atoms with Crippen molar-refractivity contribution in [1.82, 2.24) is 4.90 Å². The highest BCUT2D eigenvalue weighted by Gasteiger charge is 2.49. The molecule has 1 aliphatic carbocycles. The lowest BCUT2D eigenvalue weighted by Gasteiger charge is -2.39. The van der Waals surface area contributed by atoms with Gasteiger partial charge in [-0.05, 0) is 37.9 Å². The van der Waals surface area contributed by atoms with Gasteiger partial charge in [-0.15, -0.1) is 0 Å². The number of likely N-dealkylation sites (tertiary alicyclic amines) is 1. The van der Waals surface area contributed by atoms with Gasteiger partial charge in [0.1, 0.15) is 0 Å². The van der Waals surface area contributed by atoms with Gasteiger partial charge in [-0.1, -0.05) is 24.3 Å². The van der Waals surface area contributed by atoms with Gasteiger partial charge in [0.05, 0.1) is 0 Å². The van der Waals surface area contributed by atoms with Crippen LogP contribution in [0.2, 0.25) is 0 Å². The van der Waals surface area contributed by atoms with Gasteiger partial charge >= 0.3 is 0 Å². The molecule has 0 aromatic heterocycles. The SMILES string of the molecule is CC(N)C1(c2ccccc2C2CN(C)C2)CC1. The first kappa shape index (κ1) is 11.2. The minimum absolute atomic E-state index is 0.279. The second-order valence-electron chi connectivity index (χ2n) is 5.95. The Kier molecular flexibility index (Phi) is 2.53. The summed E-state index contributed by atoms with van der Waals surface area (Å²) < 4.78 is 0. The van der Waals surface area contributed by atoms with Crippen molar-refractivity contribution in [3.8, 4) is 0 Å². The summed E-state index contributed by atoms with van der Waals surface area (Å²) in [5.74, 6) is 0.729. The Balaban J connectivity index is 1.94. The van der Waals surface area contributed by atoms with E-state index in [1.54, 1.807) is 5.56 Å². The van der Waals surface area contributed by atoms with Crippen LogP contribution in [0, 0.1) is 0 Å². The zero-order valence-electron chi connectivity index (χ0n) is 10.8. The molecular weight excluding hydrogens is 208 g/mol. The van der Waals surface area contributed by atoms with Crippen LogP contribution in [0.5, 0.6) is 0 Å². The summed E-state index contributed by atoms with van der Waals surface area (Å²) in [6, 6.07) is 9.25. The van der Waals surface area contributed by atoms with Crippen molar-refractivity contribution in [3.05, 3.63) is 35.4 Å². The van der Waals surface area contributed by atoms with Crippen LogP contribution in [0.3, 0.4) is 0 Å². The lowest BCUT2D eigenvalue weighted by atomic mass is 9.80. The summed E-state index contributed by atoms with van der Waals surface area (Å²) in [5, 5.41) is 0. The van der Waals surface area contributed by atoms with Crippen LogP contribution < -0.4 is 5.73 Å². The van der Waals surface area contributed by atoms with Crippen LogP contribution in [0.25, 0.3) is 0 Å². The highest BCUT2D eigenvalue weighted by molar-refractivity contribution is 5.43. The molecule has 1 unspecified atom stereocenters. The molecule has 1 aliphatic heterocycles.